The van der Waals surface area contributed by atoms with E-state index < -0.39 is 0 Å². The van der Waals surface area contributed by atoms with E-state index in [-0.39, 0.29) is 18.2 Å². The van der Waals surface area contributed by atoms with E-state index in [1.54, 1.807) is 17.6 Å². The van der Waals surface area contributed by atoms with Crippen molar-refractivity contribution in [3.8, 4) is 0 Å². The van der Waals surface area contributed by atoms with Gasteiger partial charge in [0.25, 0.3) is 0 Å². The molecule has 3 heterocycles. The molecule has 0 aromatic carbocycles. The maximum absolute atomic E-state index is 12.8. The van der Waals surface area contributed by atoms with Gasteiger partial charge in [0.05, 0.1) is 18.9 Å². The Hall–Kier alpha value is -1.79. The van der Waals surface area contributed by atoms with Crippen molar-refractivity contribution in [1.29, 1.82) is 0 Å². The molecule has 1 fully saturated rings. The number of amides is 2. The van der Waals surface area contributed by atoms with E-state index in [0.29, 0.717) is 12.6 Å². The molecule has 24 heavy (non-hydrogen) atoms. The highest BCUT2D eigenvalue weighted by Crippen LogP contribution is 2.35. The summed E-state index contributed by atoms with van der Waals surface area (Å²) in [7, 11) is 0. The fourth-order valence-electron chi connectivity index (χ4n) is 3.34. The number of thiophene rings is 1. The second kappa shape index (κ2) is 6.61. The molecular weight excluding hydrogens is 324 g/mol. The Labute approximate surface area is 145 Å². The molecule has 2 aliphatic rings. The predicted octanol–water partition coefficient (Wildman–Crippen LogP) is 3.89. The van der Waals surface area contributed by atoms with E-state index in [1.165, 1.54) is 10.4 Å². The van der Waals surface area contributed by atoms with Gasteiger partial charge >= 0.3 is 6.03 Å². The minimum Gasteiger partial charge on any atom is -0.467 e. The van der Waals surface area contributed by atoms with Crippen LogP contribution in [0.1, 0.15) is 48.1 Å². The summed E-state index contributed by atoms with van der Waals surface area (Å²) in [5.74, 6) is 0.825. The Kier molecular flexibility index (Phi) is 4.33. The van der Waals surface area contributed by atoms with Crippen LogP contribution in [0.5, 0.6) is 0 Å². The first-order valence-corrected chi connectivity index (χ1v) is 9.39. The van der Waals surface area contributed by atoms with E-state index in [2.05, 4.69) is 16.8 Å². The number of nitrogens with zero attached hydrogens (tertiary/aromatic N) is 1. The molecule has 6 heteroatoms. The number of rotatable bonds is 5. The zero-order chi connectivity index (χ0) is 16.5. The maximum atomic E-state index is 12.8. The Balaban J connectivity index is 1.41. The average molecular weight is 346 g/mol. The molecule has 1 aliphatic heterocycles. The molecular formula is C18H22N2O3S. The van der Waals surface area contributed by atoms with E-state index in [1.807, 2.05) is 24.0 Å². The number of hydrogen-bond acceptors (Lipinski definition) is 4. The summed E-state index contributed by atoms with van der Waals surface area (Å²) in [5.41, 5.74) is 1.23. The van der Waals surface area contributed by atoms with Gasteiger partial charge < -0.3 is 19.4 Å². The summed E-state index contributed by atoms with van der Waals surface area (Å²) in [6.45, 7) is 3.25. The normalized spacial score (nSPS) is 21.1. The molecule has 2 amide bonds. The lowest BCUT2D eigenvalue weighted by molar-refractivity contribution is 0.0437. The molecule has 0 radical (unpaired) electrons. The standard InChI is InChI=1S/C18H22N2O3S/c1-12(15-3-2-8-22-15)20(13-4-5-13)18(21)19-11-16-14-7-10-24-17(14)6-9-23-16/h2-3,7-8,10,12-13,16H,4-6,9,11H2,1H3,(H,19,21)/t12-,16+/m1/s1. The van der Waals surface area contributed by atoms with Crippen LogP contribution in [0.4, 0.5) is 4.79 Å². The van der Waals surface area contributed by atoms with E-state index in [9.17, 15) is 4.79 Å². The topological polar surface area (TPSA) is 54.7 Å². The lowest BCUT2D eigenvalue weighted by Gasteiger charge is -2.30. The first-order chi connectivity index (χ1) is 11.7. The van der Waals surface area contributed by atoms with Crippen LogP contribution in [0.3, 0.4) is 0 Å². The number of urea groups is 1. The summed E-state index contributed by atoms with van der Waals surface area (Å²) in [6, 6.07) is 6.12. The number of carbonyl (C=O) groups is 1. The van der Waals surface area contributed by atoms with Crippen LogP contribution in [0.15, 0.2) is 34.3 Å². The zero-order valence-electron chi connectivity index (χ0n) is 13.7. The monoisotopic (exact) mass is 346 g/mol. The molecule has 0 saturated heterocycles. The quantitative estimate of drug-likeness (QED) is 0.893. The second-order valence-electron chi connectivity index (χ2n) is 6.42. The zero-order valence-corrected chi connectivity index (χ0v) is 14.6. The van der Waals surface area contributed by atoms with Crippen molar-refractivity contribution in [1.82, 2.24) is 10.2 Å². The minimum atomic E-state index is -0.0588. The van der Waals surface area contributed by atoms with Crippen molar-refractivity contribution in [3.63, 3.8) is 0 Å². The van der Waals surface area contributed by atoms with Crippen LogP contribution in [-0.4, -0.2) is 30.1 Å². The summed E-state index contributed by atoms with van der Waals surface area (Å²) in [5, 5.41) is 5.17. The van der Waals surface area contributed by atoms with Gasteiger partial charge in [-0.05, 0) is 48.9 Å². The SMILES string of the molecule is C[C@H](c1ccco1)N(C(=O)NC[C@@H]1OCCc2sccc21)C1CC1. The first-order valence-electron chi connectivity index (χ1n) is 8.51. The summed E-state index contributed by atoms with van der Waals surface area (Å²) in [6.07, 6.45) is 4.72. The highest BCUT2D eigenvalue weighted by Gasteiger charge is 2.37. The van der Waals surface area contributed by atoms with Crippen molar-refractivity contribution < 1.29 is 13.9 Å². The molecule has 2 atom stereocenters. The van der Waals surface area contributed by atoms with Crippen LogP contribution in [0, 0.1) is 0 Å². The molecule has 0 unspecified atom stereocenters. The van der Waals surface area contributed by atoms with Crippen molar-refractivity contribution in [2.45, 2.75) is 44.4 Å². The molecule has 1 aliphatic carbocycles. The van der Waals surface area contributed by atoms with Crippen LogP contribution >= 0.6 is 11.3 Å². The molecule has 2 aromatic rings. The van der Waals surface area contributed by atoms with Crippen molar-refractivity contribution in [2.24, 2.45) is 0 Å². The fraction of sp³-hybridized carbons (Fsp3) is 0.500. The Morgan fingerprint density at radius 2 is 2.33 bits per heavy atom. The van der Waals surface area contributed by atoms with E-state index >= 15 is 0 Å². The third kappa shape index (κ3) is 3.08. The Bertz CT molecular complexity index is 693. The van der Waals surface area contributed by atoms with E-state index in [0.717, 1.165) is 31.6 Å². The third-order valence-electron chi connectivity index (χ3n) is 4.76. The lowest BCUT2D eigenvalue weighted by Crippen LogP contribution is -2.44. The Morgan fingerprint density at radius 3 is 3.08 bits per heavy atom. The molecule has 0 spiro atoms. The lowest BCUT2D eigenvalue weighted by atomic mass is 10.1. The van der Waals surface area contributed by atoms with Gasteiger partial charge in [-0.1, -0.05) is 0 Å². The molecule has 128 valence electrons. The minimum absolute atomic E-state index is 0.0349. The van der Waals surface area contributed by atoms with Gasteiger partial charge in [-0.15, -0.1) is 11.3 Å². The molecule has 5 nitrogen and oxygen atoms in total. The number of carbonyl (C=O) groups excluding carboxylic acids is 1. The fourth-order valence-corrected chi connectivity index (χ4v) is 4.26. The second-order valence-corrected chi connectivity index (χ2v) is 7.43. The molecule has 1 saturated carbocycles. The van der Waals surface area contributed by atoms with Gasteiger partial charge in [-0.2, -0.15) is 0 Å². The highest BCUT2D eigenvalue weighted by atomic mass is 32.1. The highest BCUT2D eigenvalue weighted by molar-refractivity contribution is 7.10. The van der Waals surface area contributed by atoms with Gasteiger partial charge in [-0.3, -0.25) is 0 Å². The van der Waals surface area contributed by atoms with Crippen molar-refractivity contribution in [2.75, 3.05) is 13.2 Å². The van der Waals surface area contributed by atoms with Crippen molar-refractivity contribution >= 4 is 17.4 Å². The maximum Gasteiger partial charge on any atom is 0.318 e. The molecule has 1 N–H and O–H groups in total. The van der Waals surface area contributed by atoms with Gasteiger partial charge in [0, 0.05) is 23.9 Å². The summed E-state index contributed by atoms with van der Waals surface area (Å²) >= 11 is 1.77. The van der Waals surface area contributed by atoms with Crippen LogP contribution in [-0.2, 0) is 11.2 Å². The number of ether oxygens (including phenoxy) is 1. The van der Waals surface area contributed by atoms with Crippen LogP contribution < -0.4 is 5.32 Å². The molecule has 2 aromatic heterocycles. The first kappa shape index (κ1) is 15.7. The van der Waals surface area contributed by atoms with Gasteiger partial charge in [-0.25, -0.2) is 4.79 Å². The number of hydrogen-bond donors (Lipinski definition) is 1. The Morgan fingerprint density at radius 1 is 1.46 bits per heavy atom. The van der Waals surface area contributed by atoms with Gasteiger partial charge in [0.1, 0.15) is 11.9 Å². The van der Waals surface area contributed by atoms with Gasteiger partial charge in [0.2, 0.25) is 0 Å². The van der Waals surface area contributed by atoms with Crippen LogP contribution in [0.2, 0.25) is 0 Å². The number of nitrogens with one attached hydrogen (secondary N) is 1. The third-order valence-corrected chi connectivity index (χ3v) is 5.76. The predicted molar refractivity (Wildman–Crippen MR) is 92.1 cm³/mol. The van der Waals surface area contributed by atoms with Crippen LogP contribution in [0.25, 0.3) is 0 Å². The largest absolute Gasteiger partial charge is 0.467 e. The van der Waals surface area contributed by atoms with Crippen molar-refractivity contribution in [3.05, 3.63) is 46.0 Å². The smallest absolute Gasteiger partial charge is 0.318 e. The average Bonchev–Trinajstić information content (AvgIpc) is 3.09. The van der Waals surface area contributed by atoms with Gasteiger partial charge in [0.15, 0.2) is 0 Å². The van der Waals surface area contributed by atoms with E-state index in [4.69, 9.17) is 9.15 Å². The number of fused-ring (bicyclic) bond motifs is 1. The summed E-state index contributed by atoms with van der Waals surface area (Å²) < 4.78 is 11.3. The summed E-state index contributed by atoms with van der Waals surface area (Å²) in [4.78, 5) is 16.1. The number of furan rings is 1. The molecule has 4 rings (SSSR count). The molecule has 0 bridgehead atoms.